The van der Waals surface area contributed by atoms with E-state index in [4.69, 9.17) is 4.74 Å². The number of nitrogens with zero attached hydrogens (tertiary/aromatic N) is 2. The predicted octanol–water partition coefficient (Wildman–Crippen LogP) is 3.76. The molecule has 5 nitrogen and oxygen atoms in total. The maximum absolute atomic E-state index is 12.0. The van der Waals surface area contributed by atoms with Crippen LogP contribution in [0.5, 0.6) is 0 Å². The third-order valence-corrected chi connectivity index (χ3v) is 3.85. The molecule has 1 heterocycles. The first-order valence-corrected chi connectivity index (χ1v) is 8.00. The first-order valence-electron chi connectivity index (χ1n) is 7.12. The lowest BCUT2D eigenvalue weighted by atomic mass is 10.2. The van der Waals surface area contributed by atoms with Gasteiger partial charge in [-0.25, -0.2) is 9.78 Å². The van der Waals surface area contributed by atoms with Crippen LogP contribution in [0.1, 0.15) is 25.1 Å². The molecule has 0 aliphatic carbocycles. The molecule has 0 atom stereocenters. The summed E-state index contributed by atoms with van der Waals surface area (Å²) in [5, 5.41) is 2.34. The summed E-state index contributed by atoms with van der Waals surface area (Å²) >= 11 is 1.34. The van der Waals surface area contributed by atoms with Crippen LogP contribution in [-0.4, -0.2) is 16.9 Å². The van der Waals surface area contributed by atoms with Gasteiger partial charge in [-0.1, -0.05) is 18.2 Å². The molecular weight excluding hydrogens is 312 g/mol. The number of hydrogen-bond donors (Lipinski definition) is 0. The number of carbonyl (C=O) groups is 2. The molecule has 0 aliphatic rings. The smallest absolute Gasteiger partial charge is 0.330 e. The van der Waals surface area contributed by atoms with E-state index in [1.807, 2.05) is 31.2 Å². The molecule has 0 fully saturated rings. The highest BCUT2D eigenvalue weighted by Crippen LogP contribution is 2.29. The van der Waals surface area contributed by atoms with Gasteiger partial charge in [0.1, 0.15) is 6.61 Å². The summed E-state index contributed by atoms with van der Waals surface area (Å²) in [6.07, 6.45) is 2.96. The fourth-order valence-corrected chi connectivity index (χ4v) is 2.86. The molecule has 1 aromatic heterocycles. The molecule has 0 saturated carbocycles. The number of anilines is 2. The van der Waals surface area contributed by atoms with Crippen molar-refractivity contribution in [3.05, 3.63) is 53.1 Å². The maximum Gasteiger partial charge on any atom is 0.330 e. The van der Waals surface area contributed by atoms with Gasteiger partial charge in [0.2, 0.25) is 5.91 Å². The van der Waals surface area contributed by atoms with Crippen molar-refractivity contribution in [3.8, 4) is 0 Å². The van der Waals surface area contributed by atoms with Gasteiger partial charge in [0, 0.05) is 18.4 Å². The molecule has 120 valence electrons. The maximum atomic E-state index is 12.0. The fourth-order valence-electron chi connectivity index (χ4n) is 1.99. The van der Waals surface area contributed by atoms with Crippen LogP contribution in [0.3, 0.4) is 0 Å². The first kappa shape index (κ1) is 16.9. The van der Waals surface area contributed by atoms with Crippen molar-refractivity contribution in [1.82, 2.24) is 4.98 Å². The van der Waals surface area contributed by atoms with E-state index < -0.39 is 5.97 Å². The van der Waals surface area contributed by atoms with Crippen LogP contribution in [0, 0.1) is 6.92 Å². The predicted molar refractivity (Wildman–Crippen MR) is 90.7 cm³/mol. The molecule has 0 radical (unpaired) electrons. The highest BCUT2D eigenvalue weighted by atomic mass is 32.1. The van der Waals surface area contributed by atoms with Gasteiger partial charge in [-0.15, -0.1) is 11.3 Å². The topological polar surface area (TPSA) is 59.5 Å². The molecule has 23 heavy (non-hydrogen) atoms. The summed E-state index contributed by atoms with van der Waals surface area (Å²) in [5.74, 6) is -0.536. The SMILES string of the molecule is CC=CC(=O)OCc1csc(N(C(C)=O)c2cccc(C)c2)n1. The number of amides is 1. The average Bonchev–Trinajstić information content (AvgIpc) is 2.94. The summed E-state index contributed by atoms with van der Waals surface area (Å²) in [6, 6.07) is 7.65. The molecular formula is C17H18N2O3S. The normalized spacial score (nSPS) is 10.7. The Labute approximate surface area is 139 Å². The standard InChI is InChI=1S/C17H18N2O3S/c1-4-6-16(21)22-10-14-11-23-17(18-14)19(13(3)20)15-8-5-7-12(2)9-15/h4-9,11H,10H2,1-3H3. The van der Waals surface area contributed by atoms with E-state index in [2.05, 4.69) is 4.98 Å². The van der Waals surface area contributed by atoms with Gasteiger partial charge in [0.15, 0.2) is 5.13 Å². The minimum Gasteiger partial charge on any atom is -0.456 e. The van der Waals surface area contributed by atoms with E-state index in [0.29, 0.717) is 10.8 Å². The van der Waals surface area contributed by atoms with E-state index >= 15 is 0 Å². The number of ether oxygens (including phenoxy) is 1. The third kappa shape index (κ3) is 4.50. The number of allylic oxidation sites excluding steroid dienone is 1. The number of carbonyl (C=O) groups excluding carboxylic acids is 2. The number of aromatic nitrogens is 1. The number of hydrogen-bond acceptors (Lipinski definition) is 5. The van der Waals surface area contributed by atoms with E-state index in [1.54, 1.807) is 23.3 Å². The first-order chi connectivity index (χ1) is 11.0. The van der Waals surface area contributed by atoms with Gasteiger partial charge in [0.05, 0.1) is 11.4 Å². The highest BCUT2D eigenvalue weighted by Gasteiger charge is 2.18. The molecule has 1 aromatic carbocycles. The lowest BCUT2D eigenvalue weighted by Gasteiger charge is -2.18. The summed E-state index contributed by atoms with van der Waals surface area (Å²) in [7, 11) is 0. The summed E-state index contributed by atoms with van der Waals surface area (Å²) < 4.78 is 5.06. The van der Waals surface area contributed by atoms with Crippen LogP contribution in [-0.2, 0) is 20.9 Å². The van der Waals surface area contributed by atoms with E-state index in [-0.39, 0.29) is 12.5 Å². The average molecular weight is 330 g/mol. The van der Waals surface area contributed by atoms with E-state index in [9.17, 15) is 9.59 Å². The Hall–Kier alpha value is -2.47. The van der Waals surface area contributed by atoms with Crippen LogP contribution < -0.4 is 4.90 Å². The molecule has 0 N–H and O–H groups in total. The lowest BCUT2D eigenvalue weighted by molar-refractivity contribution is -0.139. The van der Waals surface area contributed by atoms with Crippen molar-refractivity contribution in [2.24, 2.45) is 0 Å². The lowest BCUT2D eigenvalue weighted by Crippen LogP contribution is -2.22. The molecule has 0 aliphatic heterocycles. The van der Waals surface area contributed by atoms with Crippen molar-refractivity contribution in [1.29, 1.82) is 0 Å². The van der Waals surface area contributed by atoms with Crippen LogP contribution in [0.25, 0.3) is 0 Å². The molecule has 0 unspecified atom stereocenters. The van der Waals surface area contributed by atoms with Crippen molar-refractivity contribution < 1.29 is 14.3 Å². The fraction of sp³-hybridized carbons (Fsp3) is 0.235. The second kappa shape index (κ2) is 7.69. The Morgan fingerprint density at radius 3 is 2.83 bits per heavy atom. The minimum absolute atomic E-state index is 0.0826. The number of aryl methyl sites for hydroxylation is 1. The molecule has 1 amide bonds. The van der Waals surface area contributed by atoms with Crippen LogP contribution in [0.4, 0.5) is 10.8 Å². The van der Waals surface area contributed by atoms with Crippen LogP contribution >= 0.6 is 11.3 Å². The van der Waals surface area contributed by atoms with Crippen molar-refractivity contribution in [2.45, 2.75) is 27.4 Å². The Morgan fingerprint density at radius 1 is 1.39 bits per heavy atom. The van der Waals surface area contributed by atoms with Crippen LogP contribution in [0.15, 0.2) is 41.8 Å². The Balaban J connectivity index is 2.18. The molecule has 2 aromatic rings. The Morgan fingerprint density at radius 2 is 2.17 bits per heavy atom. The number of benzene rings is 1. The van der Waals surface area contributed by atoms with Crippen molar-refractivity contribution in [3.63, 3.8) is 0 Å². The van der Waals surface area contributed by atoms with Gasteiger partial charge in [0.25, 0.3) is 0 Å². The van der Waals surface area contributed by atoms with Crippen molar-refractivity contribution in [2.75, 3.05) is 4.90 Å². The zero-order valence-corrected chi connectivity index (χ0v) is 14.1. The largest absolute Gasteiger partial charge is 0.456 e. The molecule has 0 spiro atoms. The van der Waals surface area contributed by atoms with Gasteiger partial charge in [-0.3, -0.25) is 9.69 Å². The minimum atomic E-state index is -0.413. The summed E-state index contributed by atoms with van der Waals surface area (Å²) in [5.41, 5.74) is 2.44. The zero-order valence-electron chi connectivity index (χ0n) is 13.3. The van der Waals surface area contributed by atoms with Gasteiger partial charge >= 0.3 is 5.97 Å². The van der Waals surface area contributed by atoms with E-state index in [0.717, 1.165) is 11.3 Å². The second-order valence-electron chi connectivity index (χ2n) is 4.92. The molecule has 6 heteroatoms. The number of rotatable bonds is 5. The monoisotopic (exact) mass is 330 g/mol. The summed E-state index contributed by atoms with van der Waals surface area (Å²) in [4.78, 5) is 29.3. The van der Waals surface area contributed by atoms with Gasteiger partial charge < -0.3 is 4.74 Å². The number of esters is 1. The van der Waals surface area contributed by atoms with Crippen LogP contribution in [0.2, 0.25) is 0 Å². The summed E-state index contributed by atoms with van der Waals surface area (Å²) in [6.45, 7) is 5.29. The second-order valence-corrected chi connectivity index (χ2v) is 5.76. The third-order valence-electron chi connectivity index (χ3n) is 2.97. The van der Waals surface area contributed by atoms with E-state index in [1.165, 1.54) is 24.3 Å². The molecule has 2 rings (SSSR count). The van der Waals surface area contributed by atoms with Gasteiger partial charge in [-0.05, 0) is 31.5 Å². The van der Waals surface area contributed by atoms with Gasteiger partial charge in [-0.2, -0.15) is 0 Å². The highest BCUT2D eigenvalue weighted by molar-refractivity contribution is 7.14. The number of thiazole rings is 1. The molecule has 0 saturated heterocycles. The molecule has 0 bridgehead atoms. The Bertz CT molecular complexity index is 737. The quantitative estimate of drug-likeness (QED) is 0.619. The van der Waals surface area contributed by atoms with Crippen molar-refractivity contribution >= 4 is 34.0 Å². The zero-order chi connectivity index (χ0) is 16.8. The Kier molecular flexibility index (Phi) is 5.65.